The highest BCUT2D eigenvalue weighted by Crippen LogP contribution is 2.27. The van der Waals surface area contributed by atoms with E-state index >= 15 is 0 Å². The van der Waals surface area contributed by atoms with E-state index in [1.807, 2.05) is 0 Å². The van der Waals surface area contributed by atoms with Crippen molar-refractivity contribution in [3.05, 3.63) is 26.6 Å². The van der Waals surface area contributed by atoms with Crippen LogP contribution in [0.15, 0.2) is 4.79 Å². The molecule has 0 aromatic carbocycles. The molecule has 24 heavy (non-hydrogen) atoms. The molecule has 130 valence electrons. The number of rotatable bonds is 3. The highest BCUT2D eigenvalue weighted by molar-refractivity contribution is 7.20. The zero-order chi connectivity index (χ0) is 17.4. The Kier molecular flexibility index (Phi) is 4.73. The molecule has 2 N–H and O–H groups in total. The van der Waals surface area contributed by atoms with Crippen molar-refractivity contribution in [3.8, 4) is 0 Å². The van der Waals surface area contributed by atoms with Gasteiger partial charge in [0.2, 0.25) is 0 Å². The zero-order valence-corrected chi connectivity index (χ0v) is 15.4. The van der Waals surface area contributed by atoms with E-state index in [4.69, 9.17) is 4.74 Å². The molecular formula is C17H24N3O3S+. The smallest absolute Gasteiger partial charge is 0.348 e. The number of hydrogen-bond acceptors (Lipinski definition) is 5. The summed E-state index contributed by atoms with van der Waals surface area (Å²) >= 11 is 1.23. The fourth-order valence-electron chi connectivity index (χ4n) is 3.86. The summed E-state index contributed by atoms with van der Waals surface area (Å²) in [5.41, 5.74) is 0.478. The molecule has 2 aromatic heterocycles. The Morgan fingerprint density at radius 3 is 2.67 bits per heavy atom. The number of methoxy groups -OCH3 is 1. The van der Waals surface area contributed by atoms with Crippen LogP contribution in [0.25, 0.3) is 10.2 Å². The van der Waals surface area contributed by atoms with E-state index in [0.29, 0.717) is 44.9 Å². The Balaban J connectivity index is 1.93. The Morgan fingerprint density at radius 2 is 2.04 bits per heavy atom. The highest BCUT2D eigenvalue weighted by Gasteiger charge is 2.26. The summed E-state index contributed by atoms with van der Waals surface area (Å²) in [7, 11) is 1.34. The van der Waals surface area contributed by atoms with Gasteiger partial charge in [0.15, 0.2) is 5.82 Å². The number of aromatic nitrogens is 2. The fraction of sp³-hybridized carbons (Fsp3) is 0.588. The molecule has 0 unspecified atom stereocenters. The number of ether oxygens (including phenoxy) is 1. The first-order chi connectivity index (χ1) is 11.4. The van der Waals surface area contributed by atoms with Crippen LogP contribution in [0.2, 0.25) is 0 Å². The minimum Gasteiger partial charge on any atom is -0.465 e. The first-order valence-electron chi connectivity index (χ1n) is 8.33. The summed E-state index contributed by atoms with van der Waals surface area (Å²) in [6.45, 7) is 9.23. The third kappa shape index (κ3) is 3.23. The number of likely N-dealkylation sites (tertiary alicyclic amines) is 1. The van der Waals surface area contributed by atoms with Crippen molar-refractivity contribution in [1.29, 1.82) is 0 Å². The molecule has 0 bridgehead atoms. The molecule has 3 heterocycles. The average molecular weight is 350 g/mol. The molecule has 1 fully saturated rings. The average Bonchev–Trinajstić information content (AvgIpc) is 2.82. The van der Waals surface area contributed by atoms with Crippen molar-refractivity contribution in [2.45, 2.75) is 33.7 Å². The minimum atomic E-state index is -0.416. The zero-order valence-electron chi connectivity index (χ0n) is 14.6. The third-order valence-electron chi connectivity index (χ3n) is 4.72. The lowest BCUT2D eigenvalue weighted by atomic mass is 9.92. The minimum absolute atomic E-state index is 0.170. The lowest BCUT2D eigenvalue weighted by molar-refractivity contribution is -0.926. The van der Waals surface area contributed by atoms with Crippen molar-refractivity contribution < 1.29 is 14.4 Å². The maximum absolute atomic E-state index is 12.5. The number of quaternary nitrogens is 1. The van der Waals surface area contributed by atoms with E-state index in [1.165, 1.54) is 29.8 Å². The molecule has 0 aliphatic carbocycles. The van der Waals surface area contributed by atoms with Crippen molar-refractivity contribution in [3.63, 3.8) is 0 Å². The van der Waals surface area contributed by atoms with Crippen molar-refractivity contribution in [1.82, 2.24) is 9.97 Å². The summed E-state index contributed by atoms with van der Waals surface area (Å²) in [5, 5.41) is 0.500. The van der Waals surface area contributed by atoms with Gasteiger partial charge in [0.25, 0.3) is 5.56 Å². The van der Waals surface area contributed by atoms with Crippen LogP contribution >= 0.6 is 11.3 Å². The monoisotopic (exact) mass is 350 g/mol. The Morgan fingerprint density at radius 1 is 1.38 bits per heavy atom. The standard InChI is InChI=1S/C17H23N3O3S/c1-9-5-10(2)7-20(6-9)8-12-18-15(21)13-11(3)14(17(22)23-4)24-16(13)19-12/h9-10H,5-8H2,1-4H3,(H,18,19,21)/p+1/t9-,10-/m0/s1. The molecule has 1 aliphatic heterocycles. The predicted octanol–water partition coefficient (Wildman–Crippen LogP) is 1.14. The van der Waals surface area contributed by atoms with Gasteiger partial charge in [-0.2, -0.15) is 0 Å². The number of hydrogen-bond donors (Lipinski definition) is 2. The summed E-state index contributed by atoms with van der Waals surface area (Å²) in [4.78, 5) is 34.3. The van der Waals surface area contributed by atoms with Gasteiger partial charge in [-0.25, -0.2) is 9.78 Å². The van der Waals surface area contributed by atoms with E-state index in [1.54, 1.807) is 6.92 Å². The van der Waals surface area contributed by atoms with Gasteiger partial charge in [0, 0.05) is 11.8 Å². The Labute approximate surface area is 144 Å². The van der Waals surface area contributed by atoms with Gasteiger partial charge in [0.05, 0.1) is 25.6 Å². The van der Waals surface area contributed by atoms with Crippen molar-refractivity contribution in [2.75, 3.05) is 20.2 Å². The summed E-state index contributed by atoms with van der Waals surface area (Å²) in [5.74, 6) is 1.66. The van der Waals surface area contributed by atoms with E-state index in [0.717, 1.165) is 13.1 Å². The van der Waals surface area contributed by atoms with E-state index in [9.17, 15) is 9.59 Å². The lowest BCUT2D eigenvalue weighted by Crippen LogP contribution is -3.13. The number of nitrogens with zero attached hydrogens (tertiary/aromatic N) is 1. The molecule has 2 aromatic rings. The maximum atomic E-state index is 12.5. The second-order valence-electron chi connectivity index (χ2n) is 7.02. The quantitative estimate of drug-likeness (QED) is 0.814. The van der Waals surface area contributed by atoms with Gasteiger partial charge in [-0.1, -0.05) is 13.8 Å². The SMILES string of the molecule is COC(=O)c1sc2nc(C[NH+]3C[C@@H](C)C[C@H](C)C3)[nH]c(=O)c2c1C. The Bertz CT molecular complexity index is 816. The molecule has 6 nitrogen and oxygen atoms in total. The number of carbonyl (C=O) groups is 1. The van der Waals surface area contributed by atoms with Gasteiger partial charge >= 0.3 is 5.97 Å². The number of carbonyl (C=O) groups excluding carboxylic acids is 1. The second-order valence-corrected chi connectivity index (χ2v) is 8.02. The molecule has 2 atom stereocenters. The van der Waals surface area contributed by atoms with Crippen LogP contribution in [-0.4, -0.2) is 36.1 Å². The molecule has 1 aliphatic rings. The van der Waals surface area contributed by atoms with Crippen LogP contribution in [0.3, 0.4) is 0 Å². The van der Waals surface area contributed by atoms with Crippen LogP contribution in [0.5, 0.6) is 0 Å². The van der Waals surface area contributed by atoms with E-state index < -0.39 is 5.97 Å². The summed E-state index contributed by atoms with van der Waals surface area (Å²) < 4.78 is 4.79. The van der Waals surface area contributed by atoms with Crippen LogP contribution in [0.1, 0.15) is 41.3 Å². The van der Waals surface area contributed by atoms with Gasteiger partial charge in [-0.15, -0.1) is 11.3 Å². The lowest BCUT2D eigenvalue weighted by Gasteiger charge is -2.31. The number of nitrogens with one attached hydrogen (secondary N) is 2. The molecule has 0 spiro atoms. The third-order valence-corrected chi connectivity index (χ3v) is 5.88. The van der Waals surface area contributed by atoms with Gasteiger partial charge in [-0.3, -0.25) is 4.79 Å². The molecule has 0 radical (unpaired) electrons. The van der Waals surface area contributed by atoms with Gasteiger partial charge in [-0.05, 0) is 18.9 Å². The van der Waals surface area contributed by atoms with Crippen LogP contribution in [-0.2, 0) is 11.3 Å². The number of H-pyrrole nitrogens is 1. The first-order valence-corrected chi connectivity index (χ1v) is 9.14. The van der Waals surface area contributed by atoms with E-state index in [-0.39, 0.29) is 5.56 Å². The molecule has 1 saturated heterocycles. The molecule has 3 rings (SSSR count). The van der Waals surface area contributed by atoms with Crippen LogP contribution in [0, 0.1) is 18.8 Å². The maximum Gasteiger partial charge on any atom is 0.348 e. The van der Waals surface area contributed by atoms with E-state index in [2.05, 4.69) is 23.8 Å². The normalized spacial score (nSPS) is 24.2. The van der Waals surface area contributed by atoms with Gasteiger partial charge in [0.1, 0.15) is 16.3 Å². The molecular weight excluding hydrogens is 326 g/mol. The van der Waals surface area contributed by atoms with Crippen molar-refractivity contribution >= 4 is 27.5 Å². The number of aromatic amines is 1. The predicted molar refractivity (Wildman–Crippen MR) is 93.7 cm³/mol. The number of piperidine rings is 1. The topological polar surface area (TPSA) is 76.5 Å². The summed E-state index contributed by atoms with van der Waals surface area (Å²) in [6.07, 6.45) is 1.26. The summed E-state index contributed by atoms with van der Waals surface area (Å²) in [6, 6.07) is 0. The van der Waals surface area contributed by atoms with Crippen molar-refractivity contribution in [2.24, 2.45) is 11.8 Å². The first kappa shape index (κ1) is 17.1. The van der Waals surface area contributed by atoms with Crippen LogP contribution < -0.4 is 10.5 Å². The molecule has 7 heteroatoms. The molecule has 0 saturated carbocycles. The van der Waals surface area contributed by atoms with Crippen LogP contribution in [0.4, 0.5) is 0 Å². The number of esters is 1. The second kappa shape index (κ2) is 6.64. The van der Waals surface area contributed by atoms with Gasteiger partial charge < -0.3 is 14.6 Å². The Hall–Kier alpha value is -1.73. The fourth-order valence-corrected chi connectivity index (χ4v) is 4.98. The highest BCUT2D eigenvalue weighted by atomic mass is 32.1. The number of fused-ring (bicyclic) bond motifs is 1. The number of aryl methyl sites for hydroxylation is 1. The largest absolute Gasteiger partial charge is 0.465 e. The number of thiophene rings is 1. The molecule has 0 amide bonds.